The van der Waals surface area contributed by atoms with Gasteiger partial charge in [0.25, 0.3) is 0 Å². The lowest BCUT2D eigenvalue weighted by Gasteiger charge is -2.61. The topological polar surface area (TPSA) is 60.4 Å². The van der Waals surface area contributed by atoms with Crippen molar-refractivity contribution in [2.75, 3.05) is 6.61 Å². The van der Waals surface area contributed by atoms with Gasteiger partial charge in [-0.1, -0.05) is 34.6 Å². The Hall–Kier alpha value is -1.19. The van der Waals surface area contributed by atoms with Gasteiger partial charge in [0, 0.05) is 31.6 Å². The Labute approximate surface area is 189 Å². The lowest BCUT2D eigenvalue weighted by Crippen LogP contribution is -2.60. The number of esters is 1. The molecule has 0 aromatic heterocycles. The van der Waals surface area contributed by atoms with Crippen LogP contribution in [0.2, 0.25) is 0 Å². The summed E-state index contributed by atoms with van der Waals surface area (Å²) in [5.74, 6) is 2.58. The van der Waals surface area contributed by atoms with Crippen molar-refractivity contribution < 1.29 is 19.1 Å². The summed E-state index contributed by atoms with van der Waals surface area (Å²) in [7, 11) is 0. The van der Waals surface area contributed by atoms with Gasteiger partial charge < -0.3 is 4.74 Å². The number of fused-ring (bicyclic) bond motifs is 5. The maximum absolute atomic E-state index is 13.8. The zero-order valence-corrected chi connectivity index (χ0v) is 20.7. The molecule has 0 amide bonds. The molecule has 0 aromatic rings. The van der Waals surface area contributed by atoms with Gasteiger partial charge in [-0.15, -0.1) is 0 Å². The molecule has 4 nitrogen and oxygen atoms in total. The molecule has 7 unspecified atom stereocenters. The fourth-order valence-corrected chi connectivity index (χ4v) is 8.37. The van der Waals surface area contributed by atoms with Gasteiger partial charge in [0.1, 0.15) is 11.6 Å². The van der Waals surface area contributed by atoms with Crippen LogP contribution in [-0.4, -0.2) is 24.1 Å². The van der Waals surface area contributed by atoms with E-state index < -0.39 is 0 Å². The van der Waals surface area contributed by atoms with Crippen molar-refractivity contribution in [3.05, 3.63) is 0 Å². The molecule has 4 aliphatic carbocycles. The zero-order chi connectivity index (χ0) is 23.0. The largest absolute Gasteiger partial charge is 0.466 e. The summed E-state index contributed by atoms with van der Waals surface area (Å²) in [4.78, 5) is 37.3. The molecule has 4 fully saturated rings. The standard InChI is InChI=1S/C25H38O4.C2H6/c1-5-18-21-14-17(27)8-11-25(21,4)20-9-12-24(3)16(10-13-29-15(2)26)6-7-19(24)22(20)23(18)28;1-2/h16,18-22H,5-14H2,1-4H3;1-2H3/t16-,18?,19?,20?,21?,22?,24?,25?;/m1./s1. The number of ether oxygens (including phenoxy) is 1. The summed E-state index contributed by atoms with van der Waals surface area (Å²) in [6, 6.07) is 0. The summed E-state index contributed by atoms with van der Waals surface area (Å²) >= 11 is 0. The second-order valence-electron chi connectivity index (χ2n) is 11.0. The molecule has 4 saturated carbocycles. The first-order valence-electron chi connectivity index (χ1n) is 12.9. The predicted octanol–water partition coefficient (Wildman–Crippen LogP) is 6.01. The Balaban J connectivity index is 0.00000132. The summed E-state index contributed by atoms with van der Waals surface area (Å²) in [5, 5.41) is 0. The Bertz CT molecular complexity index is 699. The van der Waals surface area contributed by atoms with Crippen molar-refractivity contribution in [2.24, 2.45) is 46.3 Å². The number of carbonyl (C=O) groups excluding carboxylic acids is 3. The van der Waals surface area contributed by atoms with Crippen molar-refractivity contribution in [1.82, 2.24) is 0 Å². The molecule has 0 aliphatic heterocycles. The van der Waals surface area contributed by atoms with E-state index in [0.29, 0.717) is 48.8 Å². The van der Waals surface area contributed by atoms with Gasteiger partial charge in [-0.05, 0) is 79.4 Å². The average molecular weight is 433 g/mol. The third-order valence-electron chi connectivity index (χ3n) is 9.94. The van der Waals surface area contributed by atoms with Gasteiger partial charge in [0.15, 0.2) is 0 Å². The van der Waals surface area contributed by atoms with Crippen LogP contribution in [-0.2, 0) is 19.1 Å². The smallest absolute Gasteiger partial charge is 0.302 e. The highest BCUT2D eigenvalue weighted by Gasteiger charge is 2.64. The fourth-order valence-electron chi connectivity index (χ4n) is 8.37. The molecule has 8 atom stereocenters. The number of rotatable bonds is 4. The minimum atomic E-state index is -0.201. The van der Waals surface area contributed by atoms with Crippen LogP contribution in [0.25, 0.3) is 0 Å². The Morgan fingerprint density at radius 3 is 2.32 bits per heavy atom. The maximum atomic E-state index is 13.8. The third-order valence-corrected chi connectivity index (χ3v) is 9.94. The molecular weight excluding hydrogens is 388 g/mol. The number of hydrogen-bond acceptors (Lipinski definition) is 4. The minimum absolute atomic E-state index is 0.0629. The first-order chi connectivity index (χ1) is 14.7. The van der Waals surface area contributed by atoms with E-state index in [4.69, 9.17) is 4.74 Å². The normalized spacial score (nSPS) is 43.8. The average Bonchev–Trinajstić information content (AvgIpc) is 3.07. The highest BCUT2D eigenvalue weighted by Crippen LogP contribution is 2.67. The lowest BCUT2D eigenvalue weighted by molar-refractivity contribution is -0.169. The Morgan fingerprint density at radius 2 is 1.68 bits per heavy atom. The molecule has 0 bridgehead atoms. The van der Waals surface area contributed by atoms with Crippen molar-refractivity contribution in [3.63, 3.8) is 0 Å². The molecule has 0 radical (unpaired) electrons. The van der Waals surface area contributed by atoms with Crippen LogP contribution in [0.1, 0.15) is 99.3 Å². The van der Waals surface area contributed by atoms with Crippen LogP contribution >= 0.6 is 0 Å². The van der Waals surface area contributed by atoms with Crippen LogP contribution in [0.5, 0.6) is 0 Å². The van der Waals surface area contributed by atoms with Crippen LogP contribution < -0.4 is 0 Å². The first kappa shape index (κ1) is 24.5. The first-order valence-corrected chi connectivity index (χ1v) is 12.9. The van der Waals surface area contributed by atoms with E-state index >= 15 is 0 Å². The minimum Gasteiger partial charge on any atom is -0.466 e. The monoisotopic (exact) mass is 432 g/mol. The highest BCUT2D eigenvalue weighted by atomic mass is 16.5. The van der Waals surface area contributed by atoms with Crippen molar-refractivity contribution >= 4 is 17.5 Å². The van der Waals surface area contributed by atoms with Crippen molar-refractivity contribution in [3.8, 4) is 0 Å². The molecule has 0 saturated heterocycles. The Kier molecular flexibility index (Phi) is 7.38. The van der Waals surface area contributed by atoms with Crippen LogP contribution in [0.15, 0.2) is 0 Å². The molecule has 0 aromatic carbocycles. The van der Waals surface area contributed by atoms with Gasteiger partial charge in [-0.25, -0.2) is 0 Å². The van der Waals surface area contributed by atoms with E-state index in [0.717, 1.165) is 38.5 Å². The van der Waals surface area contributed by atoms with Crippen LogP contribution in [0.4, 0.5) is 0 Å². The van der Waals surface area contributed by atoms with Crippen LogP contribution in [0.3, 0.4) is 0 Å². The SMILES string of the molecule is CC.CCC1C(=O)C2C(CCC3(C)C2CC[C@@H]3CCOC(C)=O)C2(C)CCC(=O)CC12. The van der Waals surface area contributed by atoms with Crippen molar-refractivity contribution in [1.29, 1.82) is 0 Å². The van der Waals surface area contributed by atoms with E-state index in [-0.39, 0.29) is 34.6 Å². The Morgan fingerprint density at radius 1 is 1.00 bits per heavy atom. The number of hydrogen-bond donors (Lipinski definition) is 0. The molecule has 0 spiro atoms. The summed E-state index contributed by atoms with van der Waals surface area (Å²) in [6.45, 7) is 12.9. The predicted molar refractivity (Wildman–Crippen MR) is 122 cm³/mol. The van der Waals surface area contributed by atoms with E-state index in [1.54, 1.807) is 0 Å². The van der Waals surface area contributed by atoms with Crippen LogP contribution in [0, 0.1) is 46.3 Å². The highest BCUT2D eigenvalue weighted by molar-refractivity contribution is 5.88. The molecule has 0 heterocycles. The third kappa shape index (κ3) is 4.02. The van der Waals surface area contributed by atoms with Gasteiger partial charge in [-0.2, -0.15) is 0 Å². The second-order valence-corrected chi connectivity index (χ2v) is 11.0. The van der Waals surface area contributed by atoms with Gasteiger partial charge in [-0.3, -0.25) is 14.4 Å². The molecule has 4 aliphatic rings. The number of ketones is 2. The van der Waals surface area contributed by atoms with Gasteiger partial charge in [0.2, 0.25) is 0 Å². The summed E-state index contributed by atoms with van der Waals surface area (Å²) < 4.78 is 5.25. The lowest BCUT2D eigenvalue weighted by atomic mass is 9.42. The van der Waals surface area contributed by atoms with E-state index in [9.17, 15) is 14.4 Å². The van der Waals surface area contributed by atoms with Gasteiger partial charge in [0.05, 0.1) is 6.61 Å². The van der Waals surface area contributed by atoms with E-state index in [1.807, 2.05) is 13.8 Å². The molecule has 4 rings (SSSR count). The molecule has 31 heavy (non-hydrogen) atoms. The summed E-state index contributed by atoms with van der Waals surface area (Å²) in [6.07, 6.45) is 8.65. The van der Waals surface area contributed by atoms with Gasteiger partial charge >= 0.3 is 5.97 Å². The summed E-state index contributed by atoms with van der Waals surface area (Å²) in [5.41, 5.74) is 0.327. The molecule has 4 heteroatoms. The van der Waals surface area contributed by atoms with E-state index in [2.05, 4.69) is 20.8 Å². The maximum Gasteiger partial charge on any atom is 0.302 e. The van der Waals surface area contributed by atoms with E-state index in [1.165, 1.54) is 13.3 Å². The molecular formula is C27H44O4. The number of carbonyl (C=O) groups is 3. The second kappa shape index (κ2) is 9.35. The number of Topliss-reactive ketones (excluding diaryl/α,β-unsaturated/α-hetero) is 2. The fraction of sp³-hybridized carbons (Fsp3) is 0.889. The zero-order valence-electron chi connectivity index (χ0n) is 20.7. The van der Waals surface area contributed by atoms with Crippen molar-refractivity contribution in [2.45, 2.75) is 99.3 Å². The molecule has 0 N–H and O–H groups in total. The quantitative estimate of drug-likeness (QED) is 0.511. The molecule has 176 valence electrons.